The molecule has 1 atom stereocenters. The van der Waals surface area contributed by atoms with Crippen LogP contribution in [0.5, 0.6) is 11.5 Å². The number of benzene rings is 1. The number of aromatic nitrogens is 3. The van der Waals surface area contributed by atoms with Gasteiger partial charge in [-0.3, -0.25) is 0 Å². The minimum atomic E-state index is -0.137. The number of hydrogen-bond donors (Lipinski definition) is 1. The molecule has 1 aliphatic heterocycles. The molecule has 0 spiro atoms. The van der Waals surface area contributed by atoms with Gasteiger partial charge in [0.2, 0.25) is 0 Å². The molecule has 1 aliphatic rings. The van der Waals surface area contributed by atoms with Gasteiger partial charge in [-0.15, -0.1) is 10.2 Å². The maximum atomic E-state index is 12.8. The molecule has 1 aromatic carbocycles. The number of methoxy groups -OCH3 is 1. The first-order valence-corrected chi connectivity index (χ1v) is 10.6. The summed E-state index contributed by atoms with van der Waals surface area (Å²) in [5.41, 5.74) is 0.978. The second-order valence-electron chi connectivity index (χ2n) is 8.35. The number of nitrogens with zero attached hydrogens (tertiary/aromatic N) is 4. The standard InChI is InChI=1S/C22H33N5O3/c1-15(2)13-30-19-7-6-18(12-20(19)29-5)16(3)24-22(28)27-10-8-17(9-11-27)21-25-23-14-26(21)4/h6-7,12,14-17H,8-11,13H2,1-5H3,(H,24,28). The Kier molecular flexibility index (Phi) is 7.18. The van der Waals surface area contributed by atoms with E-state index in [1.807, 2.05) is 41.6 Å². The topological polar surface area (TPSA) is 81.5 Å². The summed E-state index contributed by atoms with van der Waals surface area (Å²) in [5.74, 6) is 3.18. The molecule has 2 aromatic rings. The number of nitrogens with one attached hydrogen (secondary N) is 1. The van der Waals surface area contributed by atoms with Gasteiger partial charge in [-0.1, -0.05) is 19.9 Å². The van der Waals surface area contributed by atoms with E-state index in [0.29, 0.717) is 37.3 Å². The zero-order valence-electron chi connectivity index (χ0n) is 18.6. The van der Waals surface area contributed by atoms with Crippen LogP contribution in [-0.2, 0) is 7.05 Å². The van der Waals surface area contributed by atoms with Crippen LogP contribution in [0.25, 0.3) is 0 Å². The van der Waals surface area contributed by atoms with E-state index in [-0.39, 0.29) is 12.1 Å². The zero-order valence-corrected chi connectivity index (χ0v) is 18.6. The third-order valence-corrected chi connectivity index (χ3v) is 5.49. The Labute approximate surface area is 178 Å². The van der Waals surface area contributed by atoms with E-state index in [1.165, 1.54) is 0 Å². The number of urea groups is 1. The van der Waals surface area contributed by atoms with Crippen molar-refractivity contribution in [2.24, 2.45) is 13.0 Å². The first-order chi connectivity index (χ1) is 14.4. The molecule has 8 nitrogen and oxygen atoms in total. The molecule has 1 fully saturated rings. The Bertz CT molecular complexity index is 843. The second kappa shape index (κ2) is 9.82. The highest BCUT2D eigenvalue weighted by molar-refractivity contribution is 5.74. The summed E-state index contributed by atoms with van der Waals surface area (Å²) in [6.07, 6.45) is 3.51. The van der Waals surface area contributed by atoms with Crippen molar-refractivity contribution in [2.75, 3.05) is 26.8 Å². The van der Waals surface area contributed by atoms with E-state index in [4.69, 9.17) is 9.47 Å². The predicted molar refractivity (Wildman–Crippen MR) is 115 cm³/mol. The fourth-order valence-corrected chi connectivity index (χ4v) is 3.69. The first kappa shape index (κ1) is 21.9. The van der Waals surface area contributed by atoms with Gasteiger partial charge < -0.3 is 24.3 Å². The molecule has 1 unspecified atom stereocenters. The van der Waals surface area contributed by atoms with E-state index in [2.05, 4.69) is 29.4 Å². The number of carbonyl (C=O) groups is 1. The van der Waals surface area contributed by atoms with Crippen molar-refractivity contribution in [2.45, 2.75) is 45.6 Å². The van der Waals surface area contributed by atoms with Crippen molar-refractivity contribution >= 4 is 6.03 Å². The van der Waals surface area contributed by atoms with Gasteiger partial charge in [0.15, 0.2) is 11.5 Å². The minimum Gasteiger partial charge on any atom is -0.493 e. The molecule has 0 bridgehead atoms. The largest absolute Gasteiger partial charge is 0.493 e. The third kappa shape index (κ3) is 5.23. The number of amides is 2. The van der Waals surface area contributed by atoms with Gasteiger partial charge in [0.05, 0.1) is 19.8 Å². The normalized spacial score (nSPS) is 15.9. The summed E-state index contributed by atoms with van der Waals surface area (Å²) in [4.78, 5) is 14.6. The number of carbonyl (C=O) groups excluding carboxylic acids is 1. The van der Waals surface area contributed by atoms with Crippen molar-refractivity contribution in [1.29, 1.82) is 0 Å². The quantitative estimate of drug-likeness (QED) is 0.748. The Hall–Kier alpha value is -2.77. The van der Waals surface area contributed by atoms with Crippen molar-refractivity contribution in [3.63, 3.8) is 0 Å². The van der Waals surface area contributed by atoms with E-state index in [9.17, 15) is 4.79 Å². The molecule has 30 heavy (non-hydrogen) atoms. The average molecular weight is 416 g/mol. The Morgan fingerprint density at radius 2 is 1.97 bits per heavy atom. The first-order valence-electron chi connectivity index (χ1n) is 10.6. The molecule has 3 rings (SSSR count). The van der Waals surface area contributed by atoms with Gasteiger partial charge in [-0.2, -0.15) is 0 Å². The van der Waals surface area contributed by atoms with Crippen LogP contribution < -0.4 is 14.8 Å². The van der Waals surface area contributed by atoms with Crippen LogP contribution in [0, 0.1) is 5.92 Å². The highest BCUT2D eigenvalue weighted by Crippen LogP contribution is 2.31. The number of rotatable bonds is 7. The van der Waals surface area contributed by atoms with Gasteiger partial charge in [0.25, 0.3) is 0 Å². The van der Waals surface area contributed by atoms with Crippen molar-refractivity contribution in [1.82, 2.24) is 25.0 Å². The maximum absolute atomic E-state index is 12.8. The molecule has 8 heteroatoms. The number of aryl methyl sites for hydroxylation is 1. The Morgan fingerprint density at radius 1 is 1.23 bits per heavy atom. The monoisotopic (exact) mass is 415 g/mol. The van der Waals surface area contributed by atoms with E-state index >= 15 is 0 Å². The molecule has 0 saturated carbocycles. The van der Waals surface area contributed by atoms with Crippen LogP contribution in [-0.4, -0.2) is 52.5 Å². The average Bonchev–Trinajstić information content (AvgIpc) is 3.17. The SMILES string of the molecule is COc1cc(C(C)NC(=O)N2CCC(c3nncn3C)CC2)ccc1OCC(C)C. The Balaban J connectivity index is 1.56. The lowest BCUT2D eigenvalue weighted by Gasteiger charge is -2.32. The van der Waals surface area contributed by atoms with Gasteiger partial charge in [-0.25, -0.2) is 4.79 Å². The number of piperidine rings is 1. The van der Waals surface area contributed by atoms with Gasteiger partial charge in [-0.05, 0) is 43.4 Å². The molecular weight excluding hydrogens is 382 g/mol. The van der Waals surface area contributed by atoms with Crippen molar-refractivity contribution < 1.29 is 14.3 Å². The lowest BCUT2D eigenvalue weighted by Crippen LogP contribution is -2.45. The maximum Gasteiger partial charge on any atom is 0.317 e. The minimum absolute atomic E-state index is 0.0435. The zero-order chi connectivity index (χ0) is 21.7. The van der Waals surface area contributed by atoms with Crippen molar-refractivity contribution in [3.8, 4) is 11.5 Å². The third-order valence-electron chi connectivity index (χ3n) is 5.49. The summed E-state index contributed by atoms with van der Waals surface area (Å²) in [6, 6.07) is 5.63. The Morgan fingerprint density at radius 3 is 2.57 bits per heavy atom. The highest BCUT2D eigenvalue weighted by Gasteiger charge is 2.27. The fraction of sp³-hybridized carbons (Fsp3) is 0.591. The number of hydrogen-bond acceptors (Lipinski definition) is 5. The smallest absolute Gasteiger partial charge is 0.317 e. The molecule has 164 valence electrons. The summed E-state index contributed by atoms with van der Waals surface area (Å²) < 4.78 is 13.3. The second-order valence-corrected chi connectivity index (χ2v) is 8.35. The lowest BCUT2D eigenvalue weighted by atomic mass is 9.96. The summed E-state index contributed by atoms with van der Waals surface area (Å²) in [5, 5.41) is 11.3. The van der Waals surface area contributed by atoms with E-state index in [1.54, 1.807) is 13.4 Å². The van der Waals surface area contributed by atoms with Gasteiger partial charge >= 0.3 is 6.03 Å². The fourth-order valence-electron chi connectivity index (χ4n) is 3.69. The molecule has 1 saturated heterocycles. The summed E-state index contributed by atoms with van der Waals surface area (Å²) in [7, 11) is 3.59. The molecule has 1 aromatic heterocycles. The van der Waals surface area contributed by atoms with Crippen LogP contribution >= 0.6 is 0 Å². The van der Waals surface area contributed by atoms with E-state index < -0.39 is 0 Å². The van der Waals surface area contributed by atoms with Crippen LogP contribution in [0.15, 0.2) is 24.5 Å². The molecular formula is C22H33N5O3. The van der Waals surface area contributed by atoms with Gasteiger partial charge in [0, 0.05) is 26.1 Å². The van der Waals surface area contributed by atoms with Crippen LogP contribution in [0.1, 0.15) is 57.0 Å². The molecule has 1 N–H and O–H groups in total. The van der Waals surface area contributed by atoms with E-state index in [0.717, 1.165) is 30.0 Å². The molecule has 2 heterocycles. The van der Waals surface area contributed by atoms with Crippen LogP contribution in [0.2, 0.25) is 0 Å². The number of likely N-dealkylation sites (tertiary alicyclic amines) is 1. The summed E-state index contributed by atoms with van der Waals surface area (Å²) in [6.45, 7) is 8.24. The molecule has 2 amide bonds. The highest BCUT2D eigenvalue weighted by atomic mass is 16.5. The van der Waals surface area contributed by atoms with Crippen LogP contribution in [0.4, 0.5) is 4.79 Å². The number of ether oxygens (including phenoxy) is 2. The van der Waals surface area contributed by atoms with Crippen LogP contribution in [0.3, 0.4) is 0 Å². The summed E-state index contributed by atoms with van der Waals surface area (Å²) >= 11 is 0. The van der Waals surface area contributed by atoms with Gasteiger partial charge in [0.1, 0.15) is 12.2 Å². The lowest BCUT2D eigenvalue weighted by molar-refractivity contribution is 0.177. The molecule has 0 radical (unpaired) electrons. The molecule has 0 aliphatic carbocycles. The van der Waals surface area contributed by atoms with Crippen molar-refractivity contribution in [3.05, 3.63) is 35.9 Å². The predicted octanol–water partition coefficient (Wildman–Crippen LogP) is 3.51.